The molecule has 1 atom stereocenters. The summed E-state index contributed by atoms with van der Waals surface area (Å²) in [5.41, 5.74) is 5.13. The van der Waals surface area contributed by atoms with E-state index in [1.54, 1.807) is 11.3 Å². The molecule has 2 aliphatic rings. The topological polar surface area (TPSA) is 61.6 Å². The van der Waals surface area contributed by atoms with Crippen LogP contribution in [0.4, 0.5) is 5.69 Å². The van der Waals surface area contributed by atoms with Gasteiger partial charge in [0.2, 0.25) is 0 Å². The number of anilines is 1. The lowest BCUT2D eigenvalue weighted by Crippen LogP contribution is -2.52. The van der Waals surface area contributed by atoms with Crippen LogP contribution in [-0.4, -0.2) is 54.7 Å². The van der Waals surface area contributed by atoms with E-state index in [2.05, 4.69) is 69.8 Å². The standard InChI is InChI=1S/C25H30N4O2S/c1-17-5-3-6-19(15-17)29-13-12-28(16-18(29)2)11-4-10-26-25(30)23-21-7-8-22-20(9-14-32-22)24(21)31-27-23/h3,5-6,9,14-15,18H,4,7-8,10-13,16H2,1-2H3,(H,26,30)/t18-/m0/s1. The minimum atomic E-state index is -0.119. The number of fused-ring (bicyclic) bond motifs is 3. The van der Waals surface area contributed by atoms with Gasteiger partial charge in [-0.3, -0.25) is 9.69 Å². The molecule has 32 heavy (non-hydrogen) atoms. The number of thiophene rings is 1. The Morgan fingerprint density at radius 1 is 1.28 bits per heavy atom. The average molecular weight is 451 g/mol. The molecule has 0 unspecified atom stereocenters. The van der Waals surface area contributed by atoms with E-state index >= 15 is 0 Å². The third-order valence-electron chi connectivity index (χ3n) is 6.58. The smallest absolute Gasteiger partial charge is 0.273 e. The fraction of sp³-hybridized carbons (Fsp3) is 0.440. The molecule has 1 fully saturated rings. The maximum atomic E-state index is 12.7. The van der Waals surface area contributed by atoms with E-state index < -0.39 is 0 Å². The van der Waals surface area contributed by atoms with E-state index in [-0.39, 0.29) is 5.91 Å². The maximum Gasteiger partial charge on any atom is 0.273 e. The first-order chi connectivity index (χ1) is 15.6. The number of nitrogens with one attached hydrogen (secondary N) is 1. The number of hydrogen-bond acceptors (Lipinski definition) is 6. The zero-order valence-electron chi connectivity index (χ0n) is 18.8. The molecule has 2 aromatic heterocycles. The Bertz CT molecular complexity index is 1110. The number of amides is 1. The lowest BCUT2D eigenvalue weighted by Gasteiger charge is -2.41. The van der Waals surface area contributed by atoms with E-state index in [9.17, 15) is 4.79 Å². The highest BCUT2D eigenvalue weighted by Gasteiger charge is 2.28. The van der Waals surface area contributed by atoms with Crippen LogP contribution in [-0.2, 0) is 12.8 Å². The molecule has 0 spiro atoms. The fourth-order valence-electron chi connectivity index (χ4n) is 4.92. The van der Waals surface area contributed by atoms with Crippen LogP contribution in [0.2, 0.25) is 0 Å². The minimum absolute atomic E-state index is 0.119. The van der Waals surface area contributed by atoms with Crippen LogP contribution < -0.4 is 10.2 Å². The molecule has 5 rings (SSSR count). The predicted octanol–water partition coefficient (Wildman–Crippen LogP) is 4.14. The molecule has 1 aliphatic carbocycles. The van der Waals surface area contributed by atoms with Gasteiger partial charge >= 0.3 is 0 Å². The van der Waals surface area contributed by atoms with Crippen molar-refractivity contribution in [2.24, 2.45) is 0 Å². The molecule has 7 heteroatoms. The van der Waals surface area contributed by atoms with E-state index in [0.29, 0.717) is 18.3 Å². The average Bonchev–Trinajstić information content (AvgIpc) is 3.43. The molecule has 1 aromatic carbocycles. The van der Waals surface area contributed by atoms with E-state index in [0.717, 1.165) is 62.3 Å². The second kappa shape index (κ2) is 9.08. The number of nitrogens with zero attached hydrogens (tertiary/aromatic N) is 3. The van der Waals surface area contributed by atoms with Gasteiger partial charge in [-0.15, -0.1) is 11.3 Å². The summed E-state index contributed by atoms with van der Waals surface area (Å²) in [6.07, 6.45) is 2.70. The number of benzene rings is 1. The molecule has 3 aromatic rings. The van der Waals surface area contributed by atoms with Crippen molar-refractivity contribution < 1.29 is 9.32 Å². The predicted molar refractivity (Wildman–Crippen MR) is 129 cm³/mol. The summed E-state index contributed by atoms with van der Waals surface area (Å²) in [5.74, 6) is 0.657. The van der Waals surface area contributed by atoms with Crippen LogP contribution >= 0.6 is 11.3 Å². The highest BCUT2D eigenvalue weighted by atomic mass is 32.1. The Labute approximate surface area is 193 Å². The highest BCUT2D eigenvalue weighted by Crippen LogP contribution is 2.38. The number of hydrogen-bond donors (Lipinski definition) is 1. The van der Waals surface area contributed by atoms with Crippen LogP contribution in [0.1, 0.15) is 39.8 Å². The Kier molecular flexibility index (Phi) is 6.02. The summed E-state index contributed by atoms with van der Waals surface area (Å²) < 4.78 is 5.54. The third-order valence-corrected chi connectivity index (χ3v) is 7.56. The van der Waals surface area contributed by atoms with Crippen LogP contribution in [0, 0.1) is 6.92 Å². The second-order valence-electron chi connectivity index (χ2n) is 8.89. The van der Waals surface area contributed by atoms with Crippen molar-refractivity contribution in [3.05, 3.63) is 57.4 Å². The van der Waals surface area contributed by atoms with Crippen LogP contribution in [0.3, 0.4) is 0 Å². The number of aryl methyl sites for hydroxylation is 2. The zero-order valence-corrected chi connectivity index (χ0v) is 19.6. The number of aromatic nitrogens is 1. The van der Waals surface area contributed by atoms with Gasteiger partial charge in [0, 0.05) is 53.9 Å². The van der Waals surface area contributed by atoms with Crippen molar-refractivity contribution in [3.8, 4) is 11.3 Å². The van der Waals surface area contributed by atoms with Crippen molar-refractivity contribution in [2.75, 3.05) is 37.6 Å². The van der Waals surface area contributed by atoms with E-state index in [4.69, 9.17) is 4.52 Å². The Hall–Kier alpha value is -2.64. The maximum absolute atomic E-state index is 12.7. The summed E-state index contributed by atoms with van der Waals surface area (Å²) in [4.78, 5) is 19.0. The summed E-state index contributed by atoms with van der Waals surface area (Å²) in [6.45, 7) is 9.20. The van der Waals surface area contributed by atoms with Gasteiger partial charge in [0.25, 0.3) is 5.91 Å². The quantitative estimate of drug-likeness (QED) is 0.572. The van der Waals surface area contributed by atoms with Crippen LogP contribution in [0.15, 0.2) is 40.2 Å². The molecule has 1 saturated heterocycles. The van der Waals surface area contributed by atoms with Crippen molar-refractivity contribution in [3.63, 3.8) is 0 Å². The number of piperazine rings is 1. The molecule has 1 aliphatic heterocycles. The summed E-state index contributed by atoms with van der Waals surface area (Å²) in [5, 5.41) is 9.22. The van der Waals surface area contributed by atoms with Gasteiger partial charge in [0.15, 0.2) is 11.5 Å². The molecular formula is C25H30N4O2S. The molecule has 0 saturated carbocycles. The van der Waals surface area contributed by atoms with Crippen molar-refractivity contribution >= 4 is 22.9 Å². The third kappa shape index (κ3) is 4.19. The first-order valence-corrected chi connectivity index (χ1v) is 12.4. The van der Waals surface area contributed by atoms with Crippen molar-refractivity contribution in [2.45, 2.75) is 39.2 Å². The Balaban J connectivity index is 1.09. The van der Waals surface area contributed by atoms with E-state index in [1.165, 1.54) is 16.1 Å². The van der Waals surface area contributed by atoms with Gasteiger partial charge in [-0.25, -0.2) is 0 Å². The monoisotopic (exact) mass is 450 g/mol. The van der Waals surface area contributed by atoms with Gasteiger partial charge in [-0.2, -0.15) is 0 Å². The Morgan fingerprint density at radius 2 is 2.19 bits per heavy atom. The minimum Gasteiger partial charge on any atom is -0.366 e. The molecule has 1 N–H and O–H groups in total. The normalized spacial score (nSPS) is 18.3. The lowest BCUT2D eigenvalue weighted by atomic mass is 9.95. The number of rotatable bonds is 6. The molecule has 3 heterocycles. The number of carbonyl (C=O) groups excluding carboxylic acids is 1. The molecule has 0 bridgehead atoms. The van der Waals surface area contributed by atoms with Crippen molar-refractivity contribution in [1.29, 1.82) is 0 Å². The van der Waals surface area contributed by atoms with Gasteiger partial charge in [-0.05, 0) is 68.8 Å². The van der Waals surface area contributed by atoms with Crippen molar-refractivity contribution in [1.82, 2.24) is 15.4 Å². The fourth-order valence-corrected chi connectivity index (χ4v) is 5.80. The highest BCUT2D eigenvalue weighted by molar-refractivity contribution is 7.10. The van der Waals surface area contributed by atoms with E-state index in [1.807, 2.05) is 0 Å². The van der Waals surface area contributed by atoms with Crippen LogP contribution in [0.25, 0.3) is 11.3 Å². The molecule has 0 radical (unpaired) electrons. The van der Waals surface area contributed by atoms with Gasteiger partial charge in [0.05, 0.1) is 0 Å². The lowest BCUT2D eigenvalue weighted by molar-refractivity contribution is 0.0941. The number of carbonyl (C=O) groups is 1. The summed E-state index contributed by atoms with van der Waals surface area (Å²) in [7, 11) is 0. The molecule has 168 valence electrons. The summed E-state index contributed by atoms with van der Waals surface area (Å²) >= 11 is 1.74. The zero-order chi connectivity index (χ0) is 22.1. The molecule has 1 amide bonds. The van der Waals surface area contributed by atoms with Gasteiger partial charge in [-0.1, -0.05) is 17.3 Å². The first-order valence-electron chi connectivity index (χ1n) is 11.5. The second-order valence-corrected chi connectivity index (χ2v) is 9.89. The summed E-state index contributed by atoms with van der Waals surface area (Å²) in [6, 6.07) is 11.3. The molecule has 6 nitrogen and oxygen atoms in total. The van der Waals surface area contributed by atoms with Gasteiger partial charge < -0.3 is 14.7 Å². The Morgan fingerprint density at radius 3 is 3.03 bits per heavy atom. The molecular weight excluding hydrogens is 420 g/mol. The largest absolute Gasteiger partial charge is 0.366 e. The first kappa shape index (κ1) is 21.2. The SMILES string of the molecule is Cc1cccc(N2CCN(CCCNC(=O)c3noc4c3CCc3sccc3-4)C[C@@H]2C)c1. The van der Waals surface area contributed by atoms with Gasteiger partial charge in [0.1, 0.15) is 0 Å². The van der Waals surface area contributed by atoms with Crippen LogP contribution in [0.5, 0.6) is 0 Å².